The summed E-state index contributed by atoms with van der Waals surface area (Å²) in [5, 5.41) is 9.65. The number of carbonyl (C=O) groups is 2. The second-order valence-electron chi connectivity index (χ2n) is 5.09. The fourth-order valence-corrected chi connectivity index (χ4v) is 2.28. The largest absolute Gasteiger partial charge is 0.482 e. The lowest BCUT2D eigenvalue weighted by molar-refractivity contribution is -0.122. The zero-order valence-electron chi connectivity index (χ0n) is 12.1. The van der Waals surface area contributed by atoms with Gasteiger partial charge in [0.05, 0.1) is 11.7 Å². The summed E-state index contributed by atoms with van der Waals surface area (Å²) >= 11 is 0. The van der Waals surface area contributed by atoms with Crippen molar-refractivity contribution in [1.29, 1.82) is 0 Å². The van der Waals surface area contributed by atoms with Gasteiger partial charge in [0.25, 0.3) is 5.91 Å². The Labute approximate surface area is 127 Å². The van der Waals surface area contributed by atoms with Crippen molar-refractivity contribution in [2.24, 2.45) is 0 Å². The minimum Gasteiger partial charge on any atom is -0.482 e. The van der Waals surface area contributed by atoms with Crippen molar-refractivity contribution in [1.82, 2.24) is 15.1 Å². The zero-order chi connectivity index (χ0) is 15.5. The van der Waals surface area contributed by atoms with Gasteiger partial charge in [0.2, 0.25) is 5.91 Å². The highest BCUT2D eigenvalue weighted by atomic mass is 16.5. The fraction of sp³-hybridized carbons (Fsp3) is 0.267. The Kier molecular flexibility index (Phi) is 3.78. The molecule has 2 N–H and O–H groups in total. The first-order chi connectivity index (χ1) is 10.6. The van der Waals surface area contributed by atoms with Crippen molar-refractivity contribution in [3.8, 4) is 5.75 Å². The van der Waals surface area contributed by atoms with Gasteiger partial charge >= 0.3 is 0 Å². The van der Waals surface area contributed by atoms with Crippen molar-refractivity contribution in [3.05, 3.63) is 42.2 Å². The summed E-state index contributed by atoms with van der Waals surface area (Å²) in [4.78, 5) is 23.3. The fourth-order valence-electron chi connectivity index (χ4n) is 2.28. The Bertz CT molecular complexity index is 697. The number of amides is 2. The summed E-state index contributed by atoms with van der Waals surface area (Å²) in [6.07, 6.45) is 3.36. The summed E-state index contributed by atoms with van der Waals surface area (Å²) in [7, 11) is 0. The van der Waals surface area contributed by atoms with Crippen LogP contribution in [0, 0.1) is 0 Å². The van der Waals surface area contributed by atoms with Crippen LogP contribution in [-0.2, 0) is 16.1 Å². The molecule has 0 saturated heterocycles. The van der Waals surface area contributed by atoms with E-state index in [1.807, 2.05) is 19.1 Å². The molecule has 0 bridgehead atoms. The Morgan fingerprint density at radius 1 is 1.55 bits per heavy atom. The Morgan fingerprint density at radius 2 is 2.41 bits per heavy atom. The number of nitrogens with zero attached hydrogens (tertiary/aromatic N) is 2. The quantitative estimate of drug-likeness (QED) is 0.885. The summed E-state index contributed by atoms with van der Waals surface area (Å²) in [5.41, 5.74) is 1.51. The number of hydrogen-bond donors (Lipinski definition) is 2. The van der Waals surface area contributed by atoms with Crippen LogP contribution in [0.15, 0.2) is 36.7 Å². The molecule has 2 aromatic rings. The summed E-state index contributed by atoms with van der Waals surface area (Å²) in [5.74, 6) is 0.327. The molecule has 0 saturated carbocycles. The van der Waals surface area contributed by atoms with Gasteiger partial charge in [-0.25, -0.2) is 0 Å². The van der Waals surface area contributed by atoms with Crippen molar-refractivity contribution in [3.63, 3.8) is 0 Å². The van der Waals surface area contributed by atoms with E-state index in [9.17, 15) is 9.59 Å². The molecule has 114 valence electrons. The van der Waals surface area contributed by atoms with Crippen molar-refractivity contribution < 1.29 is 14.3 Å². The number of hydrogen-bond acceptors (Lipinski definition) is 4. The van der Waals surface area contributed by atoms with Crippen LogP contribution in [0.1, 0.15) is 18.5 Å². The third kappa shape index (κ3) is 3.08. The number of aromatic nitrogens is 2. The lowest BCUT2D eigenvalue weighted by atomic mass is 10.1. The second-order valence-corrected chi connectivity index (χ2v) is 5.09. The highest BCUT2D eigenvalue weighted by molar-refractivity contribution is 5.95. The number of ether oxygens (including phenoxy) is 1. The predicted molar refractivity (Wildman–Crippen MR) is 79.4 cm³/mol. The number of rotatable bonds is 4. The SMILES string of the molecule is C[C@@H](NC(=O)Cn1cccn1)c1ccc2c(c1)NC(=O)CO2. The van der Waals surface area contributed by atoms with E-state index in [0.717, 1.165) is 5.56 Å². The second kappa shape index (κ2) is 5.88. The number of nitrogens with one attached hydrogen (secondary N) is 2. The van der Waals surface area contributed by atoms with Crippen molar-refractivity contribution in [2.75, 3.05) is 11.9 Å². The average molecular weight is 300 g/mol. The molecule has 7 heteroatoms. The molecule has 0 spiro atoms. The van der Waals surface area contributed by atoms with E-state index in [-0.39, 0.29) is 31.0 Å². The molecular weight excluding hydrogens is 284 g/mol. The number of anilines is 1. The first kappa shape index (κ1) is 14.1. The molecule has 0 radical (unpaired) electrons. The van der Waals surface area contributed by atoms with Crippen LogP contribution in [0.3, 0.4) is 0 Å². The van der Waals surface area contributed by atoms with Crippen LogP contribution >= 0.6 is 0 Å². The first-order valence-corrected chi connectivity index (χ1v) is 6.95. The van der Waals surface area contributed by atoms with Gasteiger partial charge in [-0.1, -0.05) is 6.07 Å². The van der Waals surface area contributed by atoms with Crippen LogP contribution in [-0.4, -0.2) is 28.2 Å². The van der Waals surface area contributed by atoms with E-state index < -0.39 is 0 Å². The van der Waals surface area contributed by atoms with E-state index in [0.29, 0.717) is 11.4 Å². The average Bonchev–Trinajstić information content (AvgIpc) is 2.99. The van der Waals surface area contributed by atoms with Gasteiger partial charge < -0.3 is 15.4 Å². The van der Waals surface area contributed by atoms with E-state index in [4.69, 9.17) is 4.74 Å². The predicted octanol–water partition coefficient (Wildman–Crippen LogP) is 1.09. The number of fused-ring (bicyclic) bond motifs is 1. The number of carbonyl (C=O) groups excluding carboxylic acids is 2. The lowest BCUT2D eigenvalue weighted by Gasteiger charge is -2.21. The minimum absolute atomic E-state index is 0.0303. The van der Waals surface area contributed by atoms with Gasteiger partial charge in [-0.15, -0.1) is 0 Å². The van der Waals surface area contributed by atoms with Crippen molar-refractivity contribution >= 4 is 17.5 Å². The highest BCUT2D eigenvalue weighted by Gasteiger charge is 2.18. The third-order valence-corrected chi connectivity index (χ3v) is 3.38. The molecule has 1 aromatic carbocycles. The molecule has 2 heterocycles. The standard InChI is InChI=1S/C15H16N4O3/c1-10(17-14(20)8-19-6-2-5-16-19)11-3-4-13-12(7-11)18-15(21)9-22-13/h2-7,10H,8-9H2,1H3,(H,17,20)(H,18,21)/t10-/m1/s1. The smallest absolute Gasteiger partial charge is 0.262 e. The Balaban J connectivity index is 1.67. The monoisotopic (exact) mass is 300 g/mol. The topological polar surface area (TPSA) is 85.3 Å². The van der Waals surface area contributed by atoms with Crippen molar-refractivity contribution in [2.45, 2.75) is 19.5 Å². The van der Waals surface area contributed by atoms with Gasteiger partial charge in [-0.3, -0.25) is 14.3 Å². The van der Waals surface area contributed by atoms with Gasteiger partial charge in [0.1, 0.15) is 12.3 Å². The maximum Gasteiger partial charge on any atom is 0.262 e. The van der Waals surface area contributed by atoms with Gasteiger partial charge in [-0.05, 0) is 30.7 Å². The van der Waals surface area contributed by atoms with Crippen LogP contribution in [0.5, 0.6) is 5.75 Å². The molecule has 22 heavy (non-hydrogen) atoms. The molecule has 0 unspecified atom stereocenters. The third-order valence-electron chi connectivity index (χ3n) is 3.38. The molecule has 7 nitrogen and oxygen atoms in total. The van der Waals surface area contributed by atoms with Gasteiger partial charge in [0, 0.05) is 12.4 Å². The maximum absolute atomic E-state index is 12.0. The molecule has 1 aromatic heterocycles. The summed E-state index contributed by atoms with van der Waals surface area (Å²) < 4.78 is 6.87. The molecule has 1 aliphatic rings. The first-order valence-electron chi connectivity index (χ1n) is 6.95. The molecule has 2 amide bonds. The summed E-state index contributed by atoms with van der Waals surface area (Å²) in [6, 6.07) is 7.05. The Morgan fingerprint density at radius 3 is 3.18 bits per heavy atom. The maximum atomic E-state index is 12.0. The minimum atomic E-state index is -0.188. The van der Waals surface area contributed by atoms with E-state index in [1.165, 1.54) is 0 Å². The van der Waals surface area contributed by atoms with Crippen LogP contribution in [0.2, 0.25) is 0 Å². The van der Waals surface area contributed by atoms with Gasteiger partial charge in [-0.2, -0.15) is 5.10 Å². The number of benzene rings is 1. The van der Waals surface area contributed by atoms with Crippen LogP contribution in [0.25, 0.3) is 0 Å². The Hall–Kier alpha value is -2.83. The van der Waals surface area contributed by atoms with Gasteiger partial charge in [0.15, 0.2) is 6.61 Å². The molecule has 0 fully saturated rings. The normalized spacial score (nSPS) is 14.5. The van der Waals surface area contributed by atoms with Crippen LogP contribution in [0.4, 0.5) is 5.69 Å². The zero-order valence-corrected chi connectivity index (χ0v) is 12.1. The highest BCUT2D eigenvalue weighted by Crippen LogP contribution is 2.30. The molecule has 3 rings (SSSR count). The molecule has 0 aliphatic carbocycles. The van der Waals surface area contributed by atoms with E-state index in [2.05, 4.69) is 15.7 Å². The van der Waals surface area contributed by atoms with E-state index >= 15 is 0 Å². The van der Waals surface area contributed by atoms with Crippen LogP contribution < -0.4 is 15.4 Å². The van der Waals surface area contributed by atoms with E-state index in [1.54, 1.807) is 29.2 Å². The molecular formula is C15H16N4O3. The lowest BCUT2D eigenvalue weighted by Crippen LogP contribution is -2.30. The molecule has 1 atom stereocenters. The molecule has 1 aliphatic heterocycles. The summed E-state index contributed by atoms with van der Waals surface area (Å²) in [6.45, 7) is 2.08.